The third kappa shape index (κ3) is 2.70. The molecule has 0 spiro atoms. The topological polar surface area (TPSA) is 65.0 Å². The number of carbonyl (C=O) groups is 1. The number of phenolic OH excluding ortho intramolecular Hbond substituents is 1. The zero-order valence-corrected chi connectivity index (χ0v) is 12.1. The van der Waals surface area contributed by atoms with Crippen LogP contribution in [0.3, 0.4) is 0 Å². The molecule has 0 unspecified atom stereocenters. The largest absolute Gasteiger partial charge is 0.508 e. The molecule has 0 bridgehead atoms. The molecule has 0 fully saturated rings. The van der Waals surface area contributed by atoms with Gasteiger partial charge in [0, 0.05) is 17.5 Å². The number of phenols is 1. The molecule has 0 aliphatic carbocycles. The second-order valence-corrected chi connectivity index (χ2v) is 5.01. The normalized spacial score (nSPS) is 13.7. The molecule has 1 N–H and O–H groups in total. The van der Waals surface area contributed by atoms with Gasteiger partial charge in [-0.15, -0.1) is 0 Å². The van der Waals surface area contributed by atoms with Crippen molar-refractivity contribution < 1.29 is 24.1 Å². The van der Waals surface area contributed by atoms with Crippen molar-refractivity contribution in [2.75, 3.05) is 13.9 Å². The van der Waals surface area contributed by atoms with E-state index in [1.54, 1.807) is 6.07 Å². The molecule has 0 amide bonds. The molecule has 0 radical (unpaired) electrons. The Morgan fingerprint density at radius 3 is 2.59 bits per heavy atom. The fourth-order valence-electron chi connectivity index (χ4n) is 2.57. The molecule has 1 aliphatic heterocycles. The van der Waals surface area contributed by atoms with Crippen LogP contribution < -0.4 is 9.47 Å². The summed E-state index contributed by atoms with van der Waals surface area (Å²) in [6.45, 7) is 0.130. The molecule has 114 valence electrons. The number of aromatic hydroxyl groups is 1. The highest BCUT2D eigenvalue weighted by atomic mass is 16.7. The first-order valence-electron chi connectivity index (χ1n) is 6.93. The molecular weight excluding hydrogens is 284 g/mol. The predicted molar refractivity (Wildman–Crippen MR) is 79.1 cm³/mol. The van der Waals surface area contributed by atoms with Crippen LogP contribution in [0.15, 0.2) is 42.5 Å². The number of benzene rings is 2. The Morgan fingerprint density at radius 1 is 1.23 bits per heavy atom. The van der Waals surface area contributed by atoms with E-state index in [1.165, 1.54) is 13.2 Å². The van der Waals surface area contributed by atoms with E-state index in [4.69, 9.17) is 14.2 Å². The van der Waals surface area contributed by atoms with Gasteiger partial charge in [0.15, 0.2) is 11.5 Å². The van der Waals surface area contributed by atoms with Gasteiger partial charge in [0.2, 0.25) is 6.79 Å². The number of rotatable bonds is 4. The third-order valence-corrected chi connectivity index (χ3v) is 3.70. The van der Waals surface area contributed by atoms with Crippen molar-refractivity contribution in [1.82, 2.24) is 0 Å². The van der Waals surface area contributed by atoms with Crippen molar-refractivity contribution in [1.29, 1.82) is 0 Å². The van der Waals surface area contributed by atoms with E-state index in [0.29, 0.717) is 17.1 Å². The quantitative estimate of drug-likeness (QED) is 0.880. The van der Waals surface area contributed by atoms with Crippen LogP contribution >= 0.6 is 0 Å². The third-order valence-electron chi connectivity index (χ3n) is 3.70. The standard InChI is InChI=1S/C17H16O5/c1-20-17(19)8-12(11-5-3-2-4-6-11)13-7-15-16(9-14(13)18)22-10-21-15/h2-7,9,12,18H,8,10H2,1H3/t12-/m1/s1. The van der Waals surface area contributed by atoms with E-state index in [9.17, 15) is 9.90 Å². The van der Waals surface area contributed by atoms with E-state index in [-0.39, 0.29) is 30.9 Å². The summed E-state index contributed by atoms with van der Waals surface area (Å²) in [6.07, 6.45) is 0.133. The fourth-order valence-corrected chi connectivity index (χ4v) is 2.57. The summed E-state index contributed by atoms with van der Waals surface area (Å²) < 4.78 is 15.4. The molecule has 5 nitrogen and oxygen atoms in total. The number of hydrogen-bond acceptors (Lipinski definition) is 5. The van der Waals surface area contributed by atoms with Gasteiger partial charge in [-0.3, -0.25) is 4.79 Å². The Hall–Kier alpha value is -2.69. The van der Waals surface area contributed by atoms with Crippen molar-refractivity contribution in [3.8, 4) is 17.2 Å². The molecule has 2 aromatic rings. The van der Waals surface area contributed by atoms with Crippen LogP contribution in [-0.2, 0) is 9.53 Å². The van der Waals surface area contributed by atoms with E-state index in [2.05, 4.69) is 0 Å². The molecule has 2 aromatic carbocycles. The average molecular weight is 300 g/mol. The Balaban J connectivity index is 2.04. The summed E-state index contributed by atoms with van der Waals surface area (Å²) >= 11 is 0. The Labute approximate surface area is 128 Å². The van der Waals surface area contributed by atoms with Gasteiger partial charge in [0.05, 0.1) is 13.5 Å². The second-order valence-electron chi connectivity index (χ2n) is 5.01. The smallest absolute Gasteiger partial charge is 0.306 e. The first kappa shape index (κ1) is 14.3. The molecule has 3 rings (SSSR count). The maximum Gasteiger partial charge on any atom is 0.306 e. The van der Waals surface area contributed by atoms with Crippen LogP contribution in [0, 0.1) is 0 Å². The second kappa shape index (κ2) is 5.97. The summed E-state index contributed by atoms with van der Waals surface area (Å²) in [5.74, 6) is 0.487. The predicted octanol–water partition coefficient (Wildman–Crippen LogP) is 2.82. The Kier molecular flexibility index (Phi) is 3.87. The van der Waals surface area contributed by atoms with Gasteiger partial charge in [0.25, 0.3) is 0 Å². The highest BCUT2D eigenvalue weighted by Crippen LogP contribution is 2.43. The van der Waals surface area contributed by atoms with Crippen molar-refractivity contribution in [2.45, 2.75) is 12.3 Å². The summed E-state index contributed by atoms with van der Waals surface area (Å²) in [6, 6.07) is 12.8. The number of carbonyl (C=O) groups excluding carboxylic acids is 1. The molecule has 0 saturated heterocycles. The van der Waals surface area contributed by atoms with Gasteiger partial charge < -0.3 is 19.3 Å². The van der Waals surface area contributed by atoms with E-state index >= 15 is 0 Å². The minimum atomic E-state index is -0.342. The molecule has 1 aliphatic rings. The summed E-state index contributed by atoms with van der Waals surface area (Å²) in [7, 11) is 1.35. The van der Waals surface area contributed by atoms with Crippen LogP contribution in [0.25, 0.3) is 0 Å². The van der Waals surface area contributed by atoms with Gasteiger partial charge in [-0.2, -0.15) is 0 Å². The summed E-state index contributed by atoms with van der Waals surface area (Å²) in [4.78, 5) is 11.8. The van der Waals surface area contributed by atoms with E-state index in [1.807, 2.05) is 30.3 Å². The van der Waals surface area contributed by atoms with Gasteiger partial charge in [-0.25, -0.2) is 0 Å². The minimum absolute atomic E-state index is 0.0713. The molecule has 0 saturated carbocycles. The lowest BCUT2D eigenvalue weighted by molar-refractivity contribution is -0.140. The SMILES string of the molecule is COC(=O)C[C@H](c1ccccc1)c1cc2c(cc1O)OCO2. The first-order chi connectivity index (χ1) is 10.7. The van der Waals surface area contributed by atoms with Crippen molar-refractivity contribution in [3.05, 3.63) is 53.6 Å². The van der Waals surface area contributed by atoms with Crippen molar-refractivity contribution in [2.24, 2.45) is 0 Å². The van der Waals surface area contributed by atoms with Crippen LogP contribution in [0.1, 0.15) is 23.5 Å². The lowest BCUT2D eigenvalue weighted by atomic mass is 9.87. The van der Waals surface area contributed by atoms with Gasteiger partial charge in [0.1, 0.15) is 5.75 Å². The zero-order valence-electron chi connectivity index (χ0n) is 12.1. The lowest BCUT2D eigenvalue weighted by Crippen LogP contribution is -2.10. The molecule has 1 atom stereocenters. The number of hydrogen-bond donors (Lipinski definition) is 1. The molecule has 1 heterocycles. The lowest BCUT2D eigenvalue weighted by Gasteiger charge is -2.18. The Morgan fingerprint density at radius 2 is 1.91 bits per heavy atom. The number of methoxy groups -OCH3 is 1. The zero-order chi connectivity index (χ0) is 15.5. The van der Waals surface area contributed by atoms with Crippen LogP contribution in [-0.4, -0.2) is 25.0 Å². The van der Waals surface area contributed by atoms with Crippen molar-refractivity contribution >= 4 is 5.97 Å². The number of fused-ring (bicyclic) bond motifs is 1. The number of ether oxygens (including phenoxy) is 3. The first-order valence-corrected chi connectivity index (χ1v) is 6.93. The Bertz CT molecular complexity index is 681. The van der Waals surface area contributed by atoms with Gasteiger partial charge >= 0.3 is 5.97 Å². The maximum absolute atomic E-state index is 11.8. The van der Waals surface area contributed by atoms with Crippen molar-refractivity contribution in [3.63, 3.8) is 0 Å². The minimum Gasteiger partial charge on any atom is -0.508 e. The summed E-state index contributed by atoms with van der Waals surface area (Å²) in [5, 5.41) is 10.3. The molecule has 0 aromatic heterocycles. The van der Waals surface area contributed by atoms with E-state index in [0.717, 1.165) is 5.56 Å². The van der Waals surface area contributed by atoms with Crippen LogP contribution in [0.2, 0.25) is 0 Å². The number of esters is 1. The van der Waals surface area contributed by atoms with Gasteiger partial charge in [-0.05, 0) is 11.6 Å². The average Bonchev–Trinajstić information content (AvgIpc) is 2.99. The highest BCUT2D eigenvalue weighted by Gasteiger charge is 2.25. The summed E-state index contributed by atoms with van der Waals surface area (Å²) in [5.41, 5.74) is 1.53. The van der Waals surface area contributed by atoms with Gasteiger partial charge in [-0.1, -0.05) is 30.3 Å². The maximum atomic E-state index is 11.8. The monoisotopic (exact) mass is 300 g/mol. The molecule has 5 heteroatoms. The molecular formula is C17H16O5. The highest BCUT2D eigenvalue weighted by molar-refractivity contribution is 5.72. The van der Waals surface area contributed by atoms with Crippen LogP contribution in [0.4, 0.5) is 0 Å². The molecule has 22 heavy (non-hydrogen) atoms. The van der Waals surface area contributed by atoms with E-state index < -0.39 is 0 Å². The fraction of sp³-hybridized carbons (Fsp3) is 0.235. The van der Waals surface area contributed by atoms with Crippen LogP contribution in [0.5, 0.6) is 17.2 Å².